The predicted octanol–water partition coefficient (Wildman–Crippen LogP) is 1.69. The lowest BCUT2D eigenvalue weighted by atomic mass is 10.2. The fourth-order valence-electron chi connectivity index (χ4n) is 1.59. The molecule has 1 aromatic carbocycles. The van der Waals surface area contributed by atoms with E-state index in [4.69, 9.17) is 0 Å². The van der Waals surface area contributed by atoms with Crippen molar-refractivity contribution in [2.75, 3.05) is 18.9 Å². The Morgan fingerprint density at radius 2 is 1.84 bits per heavy atom. The summed E-state index contributed by atoms with van der Waals surface area (Å²) in [4.78, 5) is 20.0. The van der Waals surface area contributed by atoms with Gasteiger partial charge in [0, 0.05) is 18.5 Å². The molecule has 0 radical (unpaired) electrons. The number of benzene rings is 1. The standard InChI is InChI=1S/C14H16N4O/c1-15-8-7-13(19)18-12-9-16-14(17-10-12)11-5-3-2-4-6-11/h2-6,9-10,15H,7-8H2,1H3,(H,18,19). The lowest BCUT2D eigenvalue weighted by molar-refractivity contribution is -0.116. The highest BCUT2D eigenvalue weighted by Crippen LogP contribution is 2.14. The maximum Gasteiger partial charge on any atom is 0.225 e. The quantitative estimate of drug-likeness (QED) is 0.854. The van der Waals surface area contributed by atoms with E-state index in [0.717, 1.165) is 5.56 Å². The molecule has 0 aliphatic heterocycles. The largest absolute Gasteiger partial charge is 0.323 e. The minimum Gasteiger partial charge on any atom is -0.323 e. The van der Waals surface area contributed by atoms with Gasteiger partial charge in [0.2, 0.25) is 5.91 Å². The van der Waals surface area contributed by atoms with Crippen LogP contribution in [0.4, 0.5) is 5.69 Å². The van der Waals surface area contributed by atoms with Gasteiger partial charge in [0.15, 0.2) is 5.82 Å². The minimum absolute atomic E-state index is 0.0505. The second-order valence-corrected chi connectivity index (χ2v) is 4.06. The zero-order valence-electron chi connectivity index (χ0n) is 10.8. The third-order valence-electron chi connectivity index (χ3n) is 2.57. The van der Waals surface area contributed by atoms with Crippen LogP contribution >= 0.6 is 0 Å². The molecule has 0 saturated carbocycles. The third-order valence-corrected chi connectivity index (χ3v) is 2.57. The molecule has 19 heavy (non-hydrogen) atoms. The van der Waals surface area contributed by atoms with Crippen molar-refractivity contribution in [2.45, 2.75) is 6.42 Å². The van der Waals surface area contributed by atoms with Gasteiger partial charge in [0.05, 0.1) is 18.1 Å². The van der Waals surface area contributed by atoms with Crippen molar-refractivity contribution in [1.29, 1.82) is 0 Å². The lowest BCUT2D eigenvalue weighted by Crippen LogP contribution is -2.18. The Bertz CT molecular complexity index is 525. The number of aromatic nitrogens is 2. The number of anilines is 1. The second-order valence-electron chi connectivity index (χ2n) is 4.06. The number of nitrogens with one attached hydrogen (secondary N) is 2. The van der Waals surface area contributed by atoms with Crippen molar-refractivity contribution in [3.63, 3.8) is 0 Å². The Morgan fingerprint density at radius 1 is 1.16 bits per heavy atom. The van der Waals surface area contributed by atoms with Crippen LogP contribution in [0.25, 0.3) is 11.4 Å². The van der Waals surface area contributed by atoms with Crippen molar-refractivity contribution in [1.82, 2.24) is 15.3 Å². The van der Waals surface area contributed by atoms with Gasteiger partial charge in [-0.15, -0.1) is 0 Å². The van der Waals surface area contributed by atoms with Gasteiger partial charge in [-0.05, 0) is 7.05 Å². The smallest absolute Gasteiger partial charge is 0.225 e. The van der Waals surface area contributed by atoms with E-state index in [-0.39, 0.29) is 5.91 Å². The first-order valence-electron chi connectivity index (χ1n) is 6.11. The molecule has 0 bridgehead atoms. The number of carbonyl (C=O) groups excluding carboxylic acids is 1. The number of rotatable bonds is 5. The molecule has 0 saturated heterocycles. The zero-order chi connectivity index (χ0) is 13.5. The van der Waals surface area contributed by atoms with Crippen LogP contribution in [0.15, 0.2) is 42.7 Å². The maximum atomic E-state index is 11.5. The first-order chi connectivity index (χ1) is 9.29. The molecule has 1 amide bonds. The second kappa shape index (κ2) is 6.61. The summed E-state index contributed by atoms with van der Waals surface area (Å²) < 4.78 is 0. The molecule has 5 heteroatoms. The van der Waals surface area contributed by atoms with Gasteiger partial charge in [-0.1, -0.05) is 30.3 Å². The van der Waals surface area contributed by atoms with E-state index in [1.807, 2.05) is 37.4 Å². The van der Waals surface area contributed by atoms with Gasteiger partial charge in [-0.2, -0.15) is 0 Å². The Hall–Kier alpha value is -2.27. The maximum absolute atomic E-state index is 11.5. The van der Waals surface area contributed by atoms with Crippen LogP contribution in [0.5, 0.6) is 0 Å². The molecule has 1 heterocycles. The molecule has 2 N–H and O–H groups in total. The van der Waals surface area contributed by atoms with E-state index in [1.165, 1.54) is 0 Å². The number of hydrogen-bond acceptors (Lipinski definition) is 4. The molecule has 2 aromatic rings. The van der Waals surface area contributed by atoms with Crippen LogP contribution < -0.4 is 10.6 Å². The van der Waals surface area contributed by atoms with Gasteiger partial charge in [-0.3, -0.25) is 4.79 Å². The number of hydrogen-bond donors (Lipinski definition) is 2. The summed E-state index contributed by atoms with van der Waals surface area (Å²) in [5.74, 6) is 0.597. The topological polar surface area (TPSA) is 66.9 Å². The lowest BCUT2D eigenvalue weighted by Gasteiger charge is -2.05. The van der Waals surface area contributed by atoms with E-state index < -0.39 is 0 Å². The minimum atomic E-state index is -0.0505. The average molecular weight is 256 g/mol. The number of amides is 1. The van der Waals surface area contributed by atoms with Crippen molar-refractivity contribution < 1.29 is 4.79 Å². The van der Waals surface area contributed by atoms with Crippen molar-refractivity contribution in [2.24, 2.45) is 0 Å². The summed E-state index contributed by atoms with van der Waals surface area (Å²) >= 11 is 0. The highest BCUT2D eigenvalue weighted by Gasteiger charge is 2.04. The zero-order valence-corrected chi connectivity index (χ0v) is 10.8. The van der Waals surface area contributed by atoms with E-state index in [0.29, 0.717) is 24.5 Å². The van der Waals surface area contributed by atoms with Crippen LogP contribution in [-0.2, 0) is 4.79 Å². The van der Waals surface area contributed by atoms with Gasteiger partial charge in [0.1, 0.15) is 0 Å². The van der Waals surface area contributed by atoms with E-state index in [1.54, 1.807) is 12.4 Å². The molecule has 0 atom stereocenters. The molecule has 5 nitrogen and oxygen atoms in total. The first kappa shape index (κ1) is 13.2. The summed E-state index contributed by atoms with van der Waals surface area (Å²) in [5, 5.41) is 5.67. The molecule has 0 fully saturated rings. The highest BCUT2D eigenvalue weighted by atomic mass is 16.1. The monoisotopic (exact) mass is 256 g/mol. The third kappa shape index (κ3) is 3.86. The molecular formula is C14H16N4O. The Labute approximate surface area is 112 Å². The summed E-state index contributed by atoms with van der Waals surface area (Å²) in [6.45, 7) is 0.648. The fraction of sp³-hybridized carbons (Fsp3) is 0.214. The van der Waals surface area contributed by atoms with Gasteiger partial charge in [0.25, 0.3) is 0 Å². The Balaban J connectivity index is 2.01. The van der Waals surface area contributed by atoms with Gasteiger partial charge in [-0.25, -0.2) is 9.97 Å². The average Bonchev–Trinajstić information content (AvgIpc) is 2.47. The summed E-state index contributed by atoms with van der Waals surface area (Å²) in [6, 6.07) is 9.71. The van der Waals surface area contributed by atoms with E-state index in [2.05, 4.69) is 20.6 Å². The van der Waals surface area contributed by atoms with Crippen molar-refractivity contribution in [3.8, 4) is 11.4 Å². The summed E-state index contributed by atoms with van der Waals surface area (Å²) in [7, 11) is 1.81. The normalized spacial score (nSPS) is 10.2. The Kier molecular flexibility index (Phi) is 4.58. The molecule has 0 aliphatic rings. The van der Waals surface area contributed by atoms with Gasteiger partial charge < -0.3 is 10.6 Å². The number of nitrogens with zero attached hydrogens (tertiary/aromatic N) is 2. The molecule has 2 rings (SSSR count). The van der Waals surface area contributed by atoms with Crippen LogP contribution in [-0.4, -0.2) is 29.5 Å². The molecule has 1 aromatic heterocycles. The SMILES string of the molecule is CNCCC(=O)Nc1cnc(-c2ccccc2)nc1. The van der Waals surface area contributed by atoms with Crippen molar-refractivity contribution in [3.05, 3.63) is 42.7 Å². The van der Waals surface area contributed by atoms with Crippen LogP contribution in [0.3, 0.4) is 0 Å². The summed E-state index contributed by atoms with van der Waals surface area (Å²) in [5.41, 5.74) is 1.57. The van der Waals surface area contributed by atoms with Crippen molar-refractivity contribution >= 4 is 11.6 Å². The molecule has 0 aliphatic carbocycles. The van der Waals surface area contributed by atoms with Crippen LogP contribution in [0.2, 0.25) is 0 Å². The predicted molar refractivity (Wildman–Crippen MR) is 74.6 cm³/mol. The van der Waals surface area contributed by atoms with E-state index >= 15 is 0 Å². The fourth-order valence-corrected chi connectivity index (χ4v) is 1.59. The van der Waals surface area contributed by atoms with Crippen LogP contribution in [0, 0.1) is 0 Å². The molecular weight excluding hydrogens is 240 g/mol. The highest BCUT2D eigenvalue weighted by molar-refractivity contribution is 5.90. The summed E-state index contributed by atoms with van der Waals surface area (Å²) in [6.07, 6.45) is 3.66. The Morgan fingerprint density at radius 3 is 2.47 bits per heavy atom. The van der Waals surface area contributed by atoms with Gasteiger partial charge >= 0.3 is 0 Å². The van der Waals surface area contributed by atoms with Crippen LogP contribution in [0.1, 0.15) is 6.42 Å². The first-order valence-corrected chi connectivity index (χ1v) is 6.11. The van der Waals surface area contributed by atoms with E-state index in [9.17, 15) is 4.79 Å². The molecule has 0 unspecified atom stereocenters. The molecule has 98 valence electrons. The molecule has 0 spiro atoms. The number of carbonyl (C=O) groups is 1.